The van der Waals surface area contributed by atoms with Crippen molar-refractivity contribution in [3.63, 3.8) is 0 Å². The fourth-order valence-corrected chi connectivity index (χ4v) is 3.66. The zero-order valence-corrected chi connectivity index (χ0v) is 15.7. The third-order valence-electron chi connectivity index (χ3n) is 3.32. The third kappa shape index (κ3) is 4.56. The maximum Gasteiger partial charge on any atom is 0.234 e. The molecule has 3 aromatic rings. The molecule has 0 saturated carbocycles. The smallest absolute Gasteiger partial charge is 0.234 e. The average molecular weight is 391 g/mol. The number of hydrogen-bond acceptors (Lipinski definition) is 5. The summed E-state index contributed by atoms with van der Waals surface area (Å²) in [5, 5.41) is 12.2. The minimum atomic E-state index is -0.0906. The largest absolute Gasteiger partial charge is 0.324 e. The molecule has 1 N–H and O–H groups in total. The lowest BCUT2D eigenvalue weighted by atomic mass is 10.3. The number of rotatable bonds is 6. The maximum atomic E-state index is 12.3. The fraction of sp³-hybridized carbons (Fsp3) is 0.118. The number of carbonyl (C=O) groups excluding carboxylic acids is 1. The number of carbonyl (C=O) groups is 1. The van der Waals surface area contributed by atoms with Gasteiger partial charge in [-0.05, 0) is 36.6 Å². The predicted octanol–water partition coefficient (Wildman–Crippen LogP) is 4.37. The van der Waals surface area contributed by atoms with Crippen molar-refractivity contribution < 1.29 is 4.79 Å². The Bertz CT molecular complexity index is 884. The quantitative estimate of drug-likeness (QED) is 0.633. The molecule has 0 spiro atoms. The Morgan fingerprint density at radius 3 is 2.88 bits per heavy atom. The Balaban J connectivity index is 1.66. The van der Waals surface area contributed by atoms with Crippen molar-refractivity contribution in [2.24, 2.45) is 0 Å². The molecule has 0 bridgehead atoms. The van der Waals surface area contributed by atoms with Gasteiger partial charge in [-0.25, -0.2) is 0 Å². The lowest BCUT2D eigenvalue weighted by molar-refractivity contribution is -0.113. The van der Waals surface area contributed by atoms with Gasteiger partial charge >= 0.3 is 0 Å². The Hall–Kier alpha value is -1.96. The van der Waals surface area contributed by atoms with Crippen LogP contribution in [-0.2, 0) is 4.79 Å². The van der Waals surface area contributed by atoms with Crippen molar-refractivity contribution >= 4 is 46.7 Å². The number of para-hydroxylation sites is 1. The Labute approximate surface area is 159 Å². The highest BCUT2D eigenvalue weighted by Crippen LogP contribution is 2.25. The van der Waals surface area contributed by atoms with Gasteiger partial charge in [0.15, 0.2) is 5.16 Å². The number of aromatic nitrogens is 3. The van der Waals surface area contributed by atoms with E-state index >= 15 is 0 Å². The number of hydrogen-bond donors (Lipinski definition) is 1. The van der Waals surface area contributed by atoms with Crippen molar-refractivity contribution in [3.05, 3.63) is 59.9 Å². The van der Waals surface area contributed by atoms with Crippen LogP contribution in [0.25, 0.3) is 5.69 Å². The molecule has 0 saturated heterocycles. The van der Waals surface area contributed by atoms with Crippen LogP contribution in [0, 0.1) is 0 Å². The first-order valence-electron chi connectivity index (χ1n) is 7.39. The van der Waals surface area contributed by atoms with Crippen molar-refractivity contribution in [1.82, 2.24) is 14.8 Å². The number of benzene rings is 2. The van der Waals surface area contributed by atoms with Crippen LogP contribution < -0.4 is 5.32 Å². The van der Waals surface area contributed by atoms with E-state index in [0.717, 1.165) is 16.3 Å². The second-order valence-corrected chi connectivity index (χ2v) is 7.23. The summed E-state index contributed by atoms with van der Waals surface area (Å²) < 4.78 is 1.81. The van der Waals surface area contributed by atoms with E-state index in [1.54, 1.807) is 28.7 Å². The first-order valence-corrected chi connectivity index (χ1v) is 9.98. The van der Waals surface area contributed by atoms with E-state index in [-0.39, 0.29) is 11.7 Å². The summed E-state index contributed by atoms with van der Waals surface area (Å²) in [6, 6.07) is 15.1. The van der Waals surface area contributed by atoms with E-state index in [2.05, 4.69) is 15.5 Å². The van der Waals surface area contributed by atoms with Crippen LogP contribution in [0.2, 0.25) is 5.02 Å². The molecule has 0 unspecified atom stereocenters. The Morgan fingerprint density at radius 2 is 2.08 bits per heavy atom. The summed E-state index contributed by atoms with van der Waals surface area (Å²) in [5.41, 5.74) is 1.67. The Kier molecular flexibility index (Phi) is 6.01. The van der Waals surface area contributed by atoms with Gasteiger partial charge in [0.1, 0.15) is 6.33 Å². The van der Waals surface area contributed by atoms with Crippen molar-refractivity contribution in [2.75, 3.05) is 17.3 Å². The molecule has 8 heteroatoms. The molecule has 1 aromatic heterocycles. The first kappa shape index (κ1) is 17.8. The minimum Gasteiger partial charge on any atom is -0.324 e. The lowest BCUT2D eigenvalue weighted by Gasteiger charge is -2.09. The number of anilines is 1. The van der Waals surface area contributed by atoms with Gasteiger partial charge < -0.3 is 5.32 Å². The normalized spacial score (nSPS) is 10.6. The molecule has 2 aromatic carbocycles. The third-order valence-corrected chi connectivity index (χ3v) is 5.29. The Morgan fingerprint density at radius 1 is 1.24 bits per heavy atom. The highest BCUT2D eigenvalue weighted by molar-refractivity contribution is 7.99. The number of halogens is 1. The number of nitrogens with one attached hydrogen (secondary N) is 1. The van der Waals surface area contributed by atoms with Crippen LogP contribution >= 0.6 is 35.1 Å². The molecule has 0 radical (unpaired) electrons. The highest BCUT2D eigenvalue weighted by atomic mass is 35.5. The SMILES string of the molecule is CSc1ccccc1NC(=O)CSc1nncn1-c1cccc(Cl)c1. The molecular weight excluding hydrogens is 376 g/mol. The molecule has 0 aliphatic rings. The van der Waals surface area contributed by atoms with Crippen molar-refractivity contribution in [3.8, 4) is 5.69 Å². The van der Waals surface area contributed by atoms with E-state index in [9.17, 15) is 4.79 Å². The second-order valence-electron chi connectivity index (χ2n) is 5.00. The predicted molar refractivity (Wildman–Crippen MR) is 104 cm³/mol. The van der Waals surface area contributed by atoms with Crippen molar-refractivity contribution in [2.45, 2.75) is 10.1 Å². The topological polar surface area (TPSA) is 59.8 Å². The van der Waals surface area contributed by atoms with Gasteiger partial charge in [0.2, 0.25) is 5.91 Å². The van der Waals surface area contributed by atoms with Gasteiger partial charge in [0.05, 0.1) is 17.1 Å². The number of amides is 1. The number of thioether (sulfide) groups is 2. The van der Waals surface area contributed by atoms with Gasteiger partial charge in [-0.3, -0.25) is 9.36 Å². The van der Waals surface area contributed by atoms with Crippen LogP contribution in [-0.4, -0.2) is 32.7 Å². The molecule has 1 heterocycles. The van der Waals surface area contributed by atoms with Crippen LogP contribution in [0.5, 0.6) is 0 Å². The molecule has 0 aliphatic carbocycles. The molecule has 0 fully saturated rings. The van der Waals surface area contributed by atoms with Crippen LogP contribution in [0.1, 0.15) is 0 Å². The van der Waals surface area contributed by atoms with E-state index in [1.807, 2.05) is 48.7 Å². The van der Waals surface area contributed by atoms with Gasteiger partial charge in [-0.2, -0.15) is 0 Å². The van der Waals surface area contributed by atoms with Crippen LogP contribution in [0.3, 0.4) is 0 Å². The van der Waals surface area contributed by atoms with E-state index in [0.29, 0.717) is 10.2 Å². The summed E-state index contributed by atoms with van der Waals surface area (Å²) in [6.07, 6.45) is 3.59. The average Bonchev–Trinajstić information content (AvgIpc) is 3.09. The lowest BCUT2D eigenvalue weighted by Crippen LogP contribution is -2.15. The second kappa shape index (κ2) is 8.42. The van der Waals surface area contributed by atoms with Gasteiger partial charge in [0, 0.05) is 9.92 Å². The summed E-state index contributed by atoms with van der Waals surface area (Å²) in [5.74, 6) is 0.147. The first-order chi connectivity index (χ1) is 12.2. The summed E-state index contributed by atoms with van der Waals surface area (Å²) >= 11 is 8.95. The maximum absolute atomic E-state index is 12.3. The fourth-order valence-electron chi connectivity index (χ4n) is 2.19. The van der Waals surface area contributed by atoms with E-state index in [1.165, 1.54) is 11.8 Å². The summed E-state index contributed by atoms with van der Waals surface area (Å²) in [6.45, 7) is 0. The van der Waals surface area contributed by atoms with Gasteiger partial charge in [-0.1, -0.05) is 41.6 Å². The van der Waals surface area contributed by atoms with E-state index in [4.69, 9.17) is 11.6 Å². The standard InChI is InChI=1S/C17H15ClN4OS2/c1-24-15-8-3-2-7-14(15)20-16(23)10-25-17-21-19-11-22(17)13-6-4-5-12(18)9-13/h2-9,11H,10H2,1H3,(H,20,23). The highest BCUT2D eigenvalue weighted by Gasteiger charge is 2.11. The summed E-state index contributed by atoms with van der Waals surface area (Å²) in [7, 11) is 0. The summed E-state index contributed by atoms with van der Waals surface area (Å²) in [4.78, 5) is 13.3. The molecular formula is C17H15ClN4OS2. The molecule has 0 atom stereocenters. The minimum absolute atomic E-state index is 0.0906. The van der Waals surface area contributed by atoms with E-state index < -0.39 is 0 Å². The van der Waals surface area contributed by atoms with Gasteiger partial charge in [0.25, 0.3) is 0 Å². The molecule has 5 nitrogen and oxygen atoms in total. The molecule has 3 rings (SSSR count). The van der Waals surface area contributed by atoms with Crippen LogP contribution in [0.4, 0.5) is 5.69 Å². The monoisotopic (exact) mass is 390 g/mol. The zero-order chi connectivity index (χ0) is 17.6. The van der Waals surface area contributed by atoms with Crippen LogP contribution in [0.15, 0.2) is 64.9 Å². The zero-order valence-electron chi connectivity index (χ0n) is 13.3. The number of nitrogens with zero attached hydrogens (tertiary/aromatic N) is 3. The van der Waals surface area contributed by atoms with Gasteiger partial charge in [-0.15, -0.1) is 22.0 Å². The molecule has 1 amide bonds. The van der Waals surface area contributed by atoms with Crippen molar-refractivity contribution in [1.29, 1.82) is 0 Å². The molecule has 25 heavy (non-hydrogen) atoms. The molecule has 128 valence electrons. The molecule has 0 aliphatic heterocycles.